The molecular formula is C10H19N3O. The summed E-state index contributed by atoms with van der Waals surface area (Å²) in [4.78, 5) is 13.8. The molecule has 2 rings (SSSR count). The van der Waals surface area contributed by atoms with Crippen LogP contribution >= 0.6 is 0 Å². The standard InChI is InChI=1S/C10H19N3O/c1-7(11)10(14)12-8-4-5-13(6-8)9-2-3-9/h7-9H,2-6,11H2,1H3,(H,12,14)/t7-,8?/m0/s1. The number of hydrogen-bond acceptors (Lipinski definition) is 3. The van der Waals surface area contributed by atoms with Crippen LogP contribution < -0.4 is 11.1 Å². The van der Waals surface area contributed by atoms with E-state index in [1.165, 1.54) is 12.8 Å². The van der Waals surface area contributed by atoms with Gasteiger partial charge in [0.1, 0.15) is 0 Å². The fourth-order valence-electron chi connectivity index (χ4n) is 2.01. The van der Waals surface area contributed by atoms with E-state index < -0.39 is 0 Å². The van der Waals surface area contributed by atoms with Gasteiger partial charge >= 0.3 is 0 Å². The van der Waals surface area contributed by atoms with Gasteiger partial charge in [-0.25, -0.2) is 0 Å². The lowest BCUT2D eigenvalue weighted by Gasteiger charge is -2.16. The Balaban J connectivity index is 1.75. The molecule has 3 N–H and O–H groups in total. The molecule has 0 aromatic carbocycles. The summed E-state index contributed by atoms with van der Waals surface area (Å²) in [5.41, 5.74) is 5.50. The minimum absolute atomic E-state index is 0.0207. The number of nitrogens with zero attached hydrogens (tertiary/aromatic N) is 1. The van der Waals surface area contributed by atoms with Crippen LogP contribution in [0.5, 0.6) is 0 Å². The smallest absolute Gasteiger partial charge is 0.236 e. The second-order valence-corrected chi connectivity index (χ2v) is 4.51. The van der Waals surface area contributed by atoms with Crippen LogP contribution in [0.1, 0.15) is 26.2 Å². The highest BCUT2D eigenvalue weighted by Crippen LogP contribution is 2.29. The summed E-state index contributed by atoms with van der Waals surface area (Å²) >= 11 is 0. The van der Waals surface area contributed by atoms with Crippen molar-refractivity contribution in [1.29, 1.82) is 0 Å². The van der Waals surface area contributed by atoms with Gasteiger partial charge in [-0.05, 0) is 26.2 Å². The maximum atomic E-state index is 11.3. The first-order valence-electron chi connectivity index (χ1n) is 5.47. The van der Waals surface area contributed by atoms with Crippen LogP contribution in [0.3, 0.4) is 0 Å². The monoisotopic (exact) mass is 197 g/mol. The van der Waals surface area contributed by atoms with Crippen molar-refractivity contribution in [2.75, 3.05) is 13.1 Å². The first kappa shape index (κ1) is 9.93. The zero-order valence-corrected chi connectivity index (χ0v) is 8.70. The number of rotatable bonds is 3. The summed E-state index contributed by atoms with van der Waals surface area (Å²) in [6.45, 7) is 3.88. The average molecular weight is 197 g/mol. The van der Waals surface area contributed by atoms with E-state index in [-0.39, 0.29) is 11.9 Å². The Bertz CT molecular complexity index is 225. The second-order valence-electron chi connectivity index (χ2n) is 4.51. The zero-order chi connectivity index (χ0) is 10.1. The molecule has 2 fully saturated rings. The minimum Gasteiger partial charge on any atom is -0.351 e. The number of hydrogen-bond donors (Lipinski definition) is 2. The van der Waals surface area contributed by atoms with Gasteiger partial charge in [-0.1, -0.05) is 0 Å². The molecule has 0 bridgehead atoms. The Morgan fingerprint density at radius 3 is 2.79 bits per heavy atom. The third-order valence-corrected chi connectivity index (χ3v) is 3.04. The van der Waals surface area contributed by atoms with Crippen LogP contribution in [-0.4, -0.2) is 42.0 Å². The van der Waals surface area contributed by atoms with Gasteiger partial charge < -0.3 is 11.1 Å². The molecule has 0 radical (unpaired) electrons. The Morgan fingerprint density at radius 1 is 1.50 bits per heavy atom. The third-order valence-electron chi connectivity index (χ3n) is 3.04. The lowest BCUT2D eigenvalue weighted by Crippen LogP contribution is -2.45. The Kier molecular flexibility index (Phi) is 2.74. The topological polar surface area (TPSA) is 58.4 Å². The van der Waals surface area contributed by atoms with E-state index in [2.05, 4.69) is 10.2 Å². The lowest BCUT2D eigenvalue weighted by atomic mass is 10.2. The summed E-state index contributed by atoms with van der Waals surface area (Å²) in [5.74, 6) is -0.0207. The second kappa shape index (κ2) is 3.87. The van der Waals surface area contributed by atoms with Crippen molar-refractivity contribution in [3.05, 3.63) is 0 Å². The molecule has 0 aromatic rings. The highest BCUT2D eigenvalue weighted by atomic mass is 16.2. The highest BCUT2D eigenvalue weighted by molar-refractivity contribution is 5.81. The van der Waals surface area contributed by atoms with E-state index in [4.69, 9.17) is 5.73 Å². The summed E-state index contributed by atoms with van der Waals surface area (Å²) < 4.78 is 0. The van der Waals surface area contributed by atoms with E-state index in [1.54, 1.807) is 6.92 Å². The van der Waals surface area contributed by atoms with Crippen molar-refractivity contribution < 1.29 is 4.79 Å². The van der Waals surface area contributed by atoms with Gasteiger partial charge in [0.25, 0.3) is 0 Å². The number of carbonyl (C=O) groups excluding carboxylic acids is 1. The van der Waals surface area contributed by atoms with Crippen molar-refractivity contribution in [2.24, 2.45) is 5.73 Å². The number of nitrogens with two attached hydrogens (primary N) is 1. The molecule has 1 unspecified atom stereocenters. The maximum absolute atomic E-state index is 11.3. The van der Waals surface area contributed by atoms with Crippen LogP contribution in [0.4, 0.5) is 0 Å². The quantitative estimate of drug-likeness (QED) is 0.652. The lowest BCUT2D eigenvalue weighted by molar-refractivity contribution is -0.122. The van der Waals surface area contributed by atoms with E-state index >= 15 is 0 Å². The number of carbonyl (C=O) groups is 1. The van der Waals surface area contributed by atoms with Gasteiger partial charge in [-0.3, -0.25) is 9.69 Å². The summed E-state index contributed by atoms with van der Waals surface area (Å²) in [6, 6.07) is 0.756. The molecule has 1 saturated carbocycles. The van der Waals surface area contributed by atoms with Crippen molar-refractivity contribution in [1.82, 2.24) is 10.2 Å². The van der Waals surface area contributed by atoms with Gasteiger partial charge in [-0.15, -0.1) is 0 Å². The molecule has 1 heterocycles. The van der Waals surface area contributed by atoms with Crippen LogP contribution in [0.25, 0.3) is 0 Å². The molecule has 1 aliphatic heterocycles. The van der Waals surface area contributed by atoms with Gasteiger partial charge in [0.2, 0.25) is 5.91 Å². The molecule has 2 atom stereocenters. The highest BCUT2D eigenvalue weighted by Gasteiger charge is 2.34. The number of likely N-dealkylation sites (tertiary alicyclic amines) is 1. The number of amides is 1. The fraction of sp³-hybridized carbons (Fsp3) is 0.900. The van der Waals surface area contributed by atoms with Crippen molar-refractivity contribution in [3.63, 3.8) is 0 Å². The molecular weight excluding hydrogens is 178 g/mol. The first-order valence-corrected chi connectivity index (χ1v) is 5.47. The molecule has 1 aliphatic carbocycles. The molecule has 80 valence electrons. The van der Waals surface area contributed by atoms with Gasteiger partial charge in [0.15, 0.2) is 0 Å². The molecule has 1 saturated heterocycles. The van der Waals surface area contributed by atoms with Gasteiger partial charge in [0.05, 0.1) is 6.04 Å². The molecule has 0 spiro atoms. The SMILES string of the molecule is C[C@H](N)C(=O)NC1CCN(C2CC2)C1. The van der Waals surface area contributed by atoms with Crippen molar-refractivity contribution in [2.45, 2.75) is 44.3 Å². The van der Waals surface area contributed by atoms with Crippen LogP contribution in [0.15, 0.2) is 0 Å². The number of nitrogens with one attached hydrogen (secondary N) is 1. The summed E-state index contributed by atoms with van der Waals surface area (Å²) in [5, 5.41) is 2.99. The van der Waals surface area contributed by atoms with Gasteiger partial charge in [-0.2, -0.15) is 0 Å². The molecule has 0 aromatic heterocycles. The van der Waals surface area contributed by atoms with E-state index in [0.717, 1.165) is 25.6 Å². The first-order chi connectivity index (χ1) is 6.66. The molecule has 1 amide bonds. The van der Waals surface area contributed by atoms with Crippen molar-refractivity contribution in [3.8, 4) is 0 Å². The van der Waals surface area contributed by atoms with E-state index in [0.29, 0.717) is 6.04 Å². The largest absolute Gasteiger partial charge is 0.351 e. The normalized spacial score (nSPS) is 30.3. The summed E-state index contributed by atoms with van der Waals surface area (Å²) in [7, 11) is 0. The van der Waals surface area contributed by atoms with E-state index in [1.807, 2.05) is 0 Å². The van der Waals surface area contributed by atoms with Gasteiger partial charge in [0, 0.05) is 25.2 Å². The van der Waals surface area contributed by atoms with Crippen LogP contribution in [0, 0.1) is 0 Å². The Labute approximate surface area is 84.8 Å². The van der Waals surface area contributed by atoms with Crippen molar-refractivity contribution >= 4 is 5.91 Å². The molecule has 14 heavy (non-hydrogen) atoms. The average Bonchev–Trinajstić information content (AvgIpc) is 2.88. The molecule has 2 aliphatic rings. The zero-order valence-electron chi connectivity index (χ0n) is 8.70. The Morgan fingerprint density at radius 2 is 2.21 bits per heavy atom. The Hall–Kier alpha value is -0.610. The predicted molar refractivity (Wildman–Crippen MR) is 54.8 cm³/mol. The molecule has 4 nitrogen and oxygen atoms in total. The maximum Gasteiger partial charge on any atom is 0.236 e. The summed E-state index contributed by atoms with van der Waals surface area (Å²) in [6.07, 6.45) is 3.76. The van der Waals surface area contributed by atoms with Crippen LogP contribution in [-0.2, 0) is 4.79 Å². The van der Waals surface area contributed by atoms with E-state index in [9.17, 15) is 4.79 Å². The minimum atomic E-state index is -0.384. The molecule has 4 heteroatoms. The predicted octanol–water partition coefficient (Wildman–Crippen LogP) is -0.313. The van der Waals surface area contributed by atoms with Crippen LogP contribution in [0.2, 0.25) is 0 Å². The fourth-order valence-corrected chi connectivity index (χ4v) is 2.01. The third kappa shape index (κ3) is 2.25.